The van der Waals surface area contributed by atoms with Crippen LogP contribution in [0.25, 0.3) is 0 Å². The standard InChI is InChI=1S/C16H34N2/c1-6-7-8-9-10-11-12-13(18-17)14-15(2,3)16(14,4)5/h13-14,18H,6-12,17H2,1-5H3. The Morgan fingerprint density at radius 3 is 1.89 bits per heavy atom. The summed E-state index contributed by atoms with van der Waals surface area (Å²) in [6.45, 7) is 11.8. The fourth-order valence-electron chi connectivity index (χ4n) is 3.74. The van der Waals surface area contributed by atoms with E-state index in [2.05, 4.69) is 40.0 Å². The van der Waals surface area contributed by atoms with Gasteiger partial charge in [-0.3, -0.25) is 11.3 Å². The van der Waals surface area contributed by atoms with E-state index in [1.165, 1.54) is 44.9 Å². The van der Waals surface area contributed by atoms with Gasteiger partial charge >= 0.3 is 0 Å². The average Bonchev–Trinajstić information content (AvgIpc) is 2.70. The van der Waals surface area contributed by atoms with Crippen LogP contribution in [-0.2, 0) is 0 Å². The van der Waals surface area contributed by atoms with Gasteiger partial charge in [-0.1, -0.05) is 73.1 Å². The number of unbranched alkanes of at least 4 members (excludes halogenated alkanes) is 5. The summed E-state index contributed by atoms with van der Waals surface area (Å²) in [5, 5.41) is 0. The van der Waals surface area contributed by atoms with E-state index < -0.39 is 0 Å². The second kappa shape index (κ2) is 6.38. The largest absolute Gasteiger partial charge is 0.271 e. The Labute approximate surface area is 114 Å². The van der Waals surface area contributed by atoms with Gasteiger partial charge in [-0.2, -0.15) is 0 Å². The van der Waals surface area contributed by atoms with Crippen LogP contribution in [0, 0.1) is 16.7 Å². The molecule has 1 unspecified atom stereocenters. The van der Waals surface area contributed by atoms with Gasteiger partial charge in [0.05, 0.1) is 0 Å². The van der Waals surface area contributed by atoms with Crippen molar-refractivity contribution in [1.29, 1.82) is 0 Å². The normalized spacial score (nSPS) is 23.0. The summed E-state index contributed by atoms with van der Waals surface area (Å²) in [6.07, 6.45) is 9.44. The second-order valence-corrected chi connectivity index (χ2v) is 7.25. The Bertz CT molecular complexity index is 231. The minimum atomic E-state index is 0.437. The fraction of sp³-hybridized carbons (Fsp3) is 1.00. The third-order valence-electron chi connectivity index (χ3n) is 5.62. The summed E-state index contributed by atoms with van der Waals surface area (Å²) in [5.41, 5.74) is 3.95. The molecule has 1 aliphatic rings. The van der Waals surface area contributed by atoms with Crippen LogP contribution in [0.5, 0.6) is 0 Å². The van der Waals surface area contributed by atoms with E-state index in [1.54, 1.807) is 0 Å². The van der Waals surface area contributed by atoms with Crippen LogP contribution in [0.2, 0.25) is 0 Å². The zero-order valence-electron chi connectivity index (χ0n) is 13.2. The first-order chi connectivity index (χ1) is 8.39. The molecule has 1 saturated carbocycles. The SMILES string of the molecule is CCCCCCCCC(NN)C1C(C)(C)C1(C)C. The number of nitrogens with one attached hydrogen (secondary N) is 1. The first-order valence-corrected chi connectivity index (χ1v) is 7.85. The fourth-order valence-corrected chi connectivity index (χ4v) is 3.74. The molecule has 108 valence electrons. The molecule has 0 saturated heterocycles. The van der Waals surface area contributed by atoms with Gasteiger partial charge in [0.25, 0.3) is 0 Å². The first-order valence-electron chi connectivity index (χ1n) is 7.85. The van der Waals surface area contributed by atoms with Crippen LogP contribution in [0.15, 0.2) is 0 Å². The Kier molecular flexibility index (Phi) is 5.67. The molecule has 0 aromatic heterocycles. The molecule has 2 nitrogen and oxygen atoms in total. The number of hydrogen-bond acceptors (Lipinski definition) is 2. The summed E-state index contributed by atoms with van der Waals surface area (Å²) in [5.74, 6) is 6.50. The van der Waals surface area contributed by atoms with Crippen molar-refractivity contribution in [3.05, 3.63) is 0 Å². The summed E-state index contributed by atoms with van der Waals surface area (Å²) in [6, 6.07) is 0.501. The van der Waals surface area contributed by atoms with Crippen molar-refractivity contribution < 1.29 is 0 Å². The molecule has 0 spiro atoms. The lowest BCUT2D eigenvalue weighted by molar-refractivity contribution is 0.369. The van der Waals surface area contributed by atoms with Gasteiger partial charge in [0.1, 0.15) is 0 Å². The number of hydrazine groups is 1. The van der Waals surface area contributed by atoms with Crippen LogP contribution in [0.4, 0.5) is 0 Å². The van der Waals surface area contributed by atoms with E-state index >= 15 is 0 Å². The number of hydrogen-bond donors (Lipinski definition) is 2. The molecule has 0 aliphatic heterocycles. The zero-order chi connectivity index (χ0) is 13.8. The van der Waals surface area contributed by atoms with Crippen molar-refractivity contribution in [3.8, 4) is 0 Å². The highest BCUT2D eigenvalue weighted by Crippen LogP contribution is 2.69. The van der Waals surface area contributed by atoms with E-state index in [9.17, 15) is 0 Å². The summed E-state index contributed by atoms with van der Waals surface area (Å²) < 4.78 is 0. The predicted octanol–water partition coefficient (Wildman–Crippen LogP) is 4.25. The van der Waals surface area contributed by atoms with Gasteiger partial charge in [-0.05, 0) is 23.2 Å². The molecule has 0 aromatic carbocycles. The molecule has 0 amide bonds. The van der Waals surface area contributed by atoms with Crippen molar-refractivity contribution in [1.82, 2.24) is 5.43 Å². The van der Waals surface area contributed by atoms with Crippen molar-refractivity contribution in [2.24, 2.45) is 22.6 Å². The molecule has 0 heterocycles. The van der Waals surface area contributed by atoms with Crippen molar-refractivity contribution in [3.63, 3.8) is 0 Å². The summed E-state index contributed by atoms with van der Waals surface area (Å²) >= 11 is 0. The number of nitrogens with two attached hydrogens (primary N) is 1. The highest BCUT2D eigenvalue weighted by Gasteiger charge is 2.66. The van der Waals surface area contributed by atoms with Crippen molar-refractivity contribution >= 4 is 0 Å². The van der Waals surface area contributed by atoms with Gasteiger partial charge in [-0.15, -0.1) is 0 Å². The Hall–Kier alpha value is -0.0800. The maximum Gasteiger partial charge on any atom is 0.0249 e. The molecular formula is C16H34N2. The highest BCUT2D eigenvalue weighted by atomic mass is 15.2. The van der Waals surface area contributed by atoms with Crippen LogP contribution >= 0.6 is 0 Å². The molecule has 18 heavy (non-hydrogen) atoms. The van der Waals surface area contributed by atoms with Crippen LogP contribution in [-0.4, -0.2) is 6.04 Å². The minimum absolute atomic E-state index is 0.437. The van der Waals surface area contributed by atoms with E-state index in [-0.39, 0.29) is 0 Å². The molecule has 0 bridgehead atoms. The van der Waals surface area contributed by atoms with Crippen LogP contribution < -0.4 is 11.3 Å². The first kappa shape index (κ1) is 16.0. The maximum atomic E-state index is 5.77. The third-order valence-corrected chi connectivity index (χ3v) is 5.62. The van der Waals surface area contributed by atoms with Crippen molar-refractivity contribution in [2.75, 3.05) is 0 Å². The minimum Gasteiger partial charge on any atom is -0.271 e. The molecular weight excluding hydrogens is 220 g/mol. The third kappa shape index (κ3) is 3.27. The molecule has 1 fully saturated rings. The van der Waals surface area contributed by atoms with Gasteiger partial charge in [0.2, 0.25) is 0 Å². The molecule has 1 atom stereocenters. The maximum absolute atomic E-state index is 5.77. The van der Waals surface area contributed by atoms with Crippen LogP contribution in [0.3, 0.4) is 0 Å². The van der Waals surface area contributed by atoms with Gasteiger partial charge in [0.15, 0.2) is 0 Å². The quantitative estimate of drug-likeness (QED) is 0.367. The summed E-state index contributed by atoms with van der Waals surface area (Å²) in [4.78, 5) is 0. The lowest BCUT2D eigenvalue weighted by atomic mass is 9.98. The van der Waals surface area contributed by atoms with E-state index in [1.807, 2.05) is 0 Å². The van der Waals surface area contributed by atoms with Gasteiger partial charge in [0, 0.05) is 6.04 Å². The molecule has 0 radical (unpaired) electrons. The second-order valence-electron chi connectivity index (χ2n) is 7.25. The Morgan fingerprint density at radius 2 is 1.44 bits per heavy atom. The Balaban J connectivity index is 2.24. The van der Waals surface area contributed by atoms with Gasteiger partial charge < -0.3 is 0 Å². The Morgan fingerprint density at radius 1 is 0.944 bits per heavy atom. The van der Waals surface area contributed by atoms with Crippen LogP contribution in [0.1, 0.15) is 79.6 Å². The molecule has 3 N–H and O–H groups in total. The molecule has 0 aromatic rings. The summed E-state index contributed by atoms with van der Waals surface area (Å²) in [7, 11) is 0. The van der Waals surface area contributed by atoms with E-state index in [0.29, 0.717) is 16.9 Å². The lowest BCUT2D eigenvalue weighted by Crippen LogP contribution is -2.38. The molecule has 1 aliphatic carbocycles. The highest BCUT2D eigenvalue weighted by molar-refractivity contribution is 5.15. The lowest BCUT2D eigenvalue weighted by Gasteiger charge is -2.18. The monoisotopic (exact) mass is 254 g/mol. The molecule has 1 rings (SSSR count). The topological polar surface area (TPSA) is 38.0 Å². The zero-order valence-corrected chi connectivity index (χ0v) is 13.2. The van der Waals surface area contributed by atoms with E-state index in [4.69, 9.17) is 5.84 Å². The van der Waals surface area contributed by atoms with Crippen molar-refractivity contribution in [2.45, 2.75) is 85.6 Å². The van der Waals surface area contributed by atoms with Gasteiger partial charge in [-0.25, -0.2) is 0 Å². The van der Waals surface area contributed by atoms with E-state index in [0.717, 1.165) is 5.92 Å². The molecule has 2 heteroatoms. The number of rotatable bonds is 9. The average molecular weight is 254 g/mol. The predicted molar refractivity (Wildman–Crippen MR) is 80.2 cm³/mol. The smallest absolute Gasteiger partial charge is 0.0249 e.